The zero-order valence-electron chi connectivity index (χ0n) is 16.5. The van der Waals surface area contributed by atoms with Gasteiger partial charge in [0, 0.05) is 23.9 Å². The van der Waals surface area contributed by atoms with Gasteiger partial charge in [-0.3, -0.25) is 4.79 Å². The summed E-state index contributed by atoms with van der Waals surface area (Å²) in [5.74, 6) is -0.359. The van der Waals surface area contributed by atoms with Gasteiger partial charge in [0.1, 0.15) is 0 Å². The standard InChI is InChI=1S/C23H18Cl2N4O2/c1-29-19-10-6-5-9-16(19)20(14-7-3-2-4-8-14)27-21(22(29)30)28-23(31)26-15-11-12-17(24)18(25)13-15/h2-13,21H,1H3,(H2,26,28,31)/t21-/m1/s1. The summed E-state index contributed by atoms with van der Waals surface area (Å²) in [6.45, 7) is 0. The number of likely N-dealkylation sites (N-methyl/N-ethyl adjacent to an activating group) is 1. The molecule has 6 nitrogen and oxygen atoms in total. The molecule has 1 heterocycles. The summed E-state index contributed by atoms with van der Waals surface area (Å²) in [6, 6.07) is 21.2. The van der Waals surface area contributed by atoms with Crippen molar-refractivity contribution in [2.75, 3.05) is 17.3 Å². The van der Waals surface area contributed by atoms with E-state index in [0.717, 1.165) is 11.1 Å². The van der Waals surface area contributed by atoms with E-state index in [1.807, 2.05) is 54.6 Å². The highest BCUT2D eigenvalue weighted by Gasteiger charge is 2.30. The lowest BCUT2D eigenvalue weighted by atomic mass is 10.0. The number of amides is 3. The maximum Gasteiger partial charge on any atom is 0.321 e. The van der Waals surface area contributed by atoms with Crippen molar-refractivity contribution in [3.8, 4) is 0 Å². The van der Waals surface area contributed by atoms with Gasteiger partial charge in [-0.15, -0.1) is 0 Å². The molecule has 4 rings (SSSR count). The lowest BCUT2D eigenvalue weighted by Crippen LogP contribution is -2.47. The third kappa shape index (κ3) is 4.40. The van der Waals surface area contributed by atoms with Crippen molar-refractivity contribution >= 4 is 52.2 Å². The van der Waals surface area contributed by atoms with Gasteiger partial charge in [-0.1, -0.05) is 71.7 Å². The van der Waals surface area contributed by atoms with Crippen LogP contribution in [0.25, 0.3) is 0 Å². The van der Waals surface area contributed by atoms with Crippen LogP contribution in [0.1, 0.15) is 11.1 Å². The summed E-state index contributed by atoms with van der Waals surface area (Å²) in [7, 11) is 1.66. The molecule has 0 saturated carbocycles. The smallest absolute Gasteiger partial charge is 0.311 e. The van der Waals surface area contributed by atoms with Crippen molar-refractivity contribution in [3.05, 3.63) is 94.0 Å². The van der Waals surface area contributed by atoms with Crippen LogP contribution in [0.3, 0.4) is 0 Å². The summed E-state index contributed by atoms with van der Waals surface area (Å²) in [4.78, 5) is 31.9. The van der Waals surface area contributed by atoms with Gasteiger partial charge >= 0.3 is 6.03 Å². The van der Waals surface area contributed by atoms with Crippen LogP contribution in [0.2, 0.25) is 10.0 Å². The highest BCUT2D eigenvalue weighted by molar-refractivity contribution is 6.42. The number of benzene rings is 3. The van der Waals surface area contributed by atoms with Crippen molar-refractivity contribution in [2.45, 2.75) is 6.17 Å². The van der Waals surface area contributed by atoms with Gasteiger partial charge in [-0.25, -0.2) is 9.79 Å². The summed E-state index contributed by atoms with van der Waals surface area (Å²) in [6.07, 6.45) is -1.12. The van der Waals surface area contributed by atoms with Crippen molar-refractivity contribution < 1.29 is 9.59 Å². The van der Waals surface area contributed by atoms with Gasteiger partial charge in [0.05, 0.1) is 21.4 Å². The Hall–Kier alpha value is -3.35. The van der Waals surface area contributed by atoms with E-state index >= 15 is 0 Å². The van der Waals surface area contributed by atoms with Crippen molar-refractivity contribution in [1.29, 1.82) is 0 Å². The van der Waals surface area contributed by atoms with Crippen LogP contribution in [0.4, 0.5) is 16.2 Å². The van der Waals surface area contributed by atoms with Crippen molar-refractivity contribution in [2.24, 2.45) is 4.99 Å². The van der Waals surface area contributed by atoms with Crippen molar-refractivity contribution in [3.63, 3.8) is 0 Å². The molecule has 2 N–H and O–H groups in total. The molecule has 3 aromatic rings. The number of hydrogen-bond acceptors (Lipinski definition) is 3. The van der Waals surface area contributed by atoms with Crippen LogP contribution < -0.4 is 15.5 Å². The van der Waals surface area contributed by atoms with E-state index in [4.69, 9.17) is 23.2 Å². The summed E-state index contributed by atoms with van der Waals surface area (Å²) >= 11 is 11.9. The van der Waals surface area contributed by atoms with Gasteiger partial charge in [0.15, 0.2) is 0 Å². The Morgan fingerprint density at radius 1 is 0.968 bits per heavy atom. The first-order chi connectivity index (χ1) is 14.9. The number of carbonyl (C=O) groups excluding carboxylic acids is 2. The highest BCUT2D eigenvalue weighted by Crippen LogP contribution is 2.27. The number of nitrogens with one attached hydrogen (secondary N) is 2. The minimum Gasteiger partial charge on any atom is -0.311 e. The molecule has 0 spiro atoms. The number of urea groups is 1. The number of halogens is 2. The molecule has 0 saturated heterocycles. The van der Waals surface area contributed by atoms with Gasteiger partial charge in [0.25, 0.3) is 5.91 Å². The van der Waals surface area contributed by atoms with Crippen LogP contribution in [0.5, 0.6) is 0 Å². The molecule has 0 aromatic heterocycles. The number of rotatable bonds is 3. The SMILES string of the molecule is CN1C(=O)[C@@H](NC(=O)Nc2ccc(Cl)c(Cl)c2)N=C(c2ccccc2)c2ccccc21. The van der Waals surface area contributed by atoms with Crippen LogP contribution in [0, 0.1) is 0 Å². The molecule has 3 aromatic carbocycles. The second-order valence-electron chi connectivity index (χ2n) is 6.89. The van der Waals surface area contributed by atoms with E-state index in [2.05, 4.69) is 15.6 Å². The lowest BCUT2D eigenvalue weighted by Gasteiger charge is -2.21. The summed E-state index contributed by atoms with van der Waals surface area (Å²) < 4.78 is 0. The fraction of sp³-hybridized carbons (Fsp3) is 0.0870. The molecule has 0 fully saturated rings. The number of aliphatic imine (C=N–C) groups is 1. The molecule has 3 amide bonds. The Labute approximate surface area is 189 Å². The van der Waals surface area contributed by atoms with Gasteiger partial charge < -0.3 is 15.5 Å². The zero-order valence-corrected chi connectivity index (χ0v) is 18.0. The van der Waals surface area contributed by atoms with E-state index in [9.17, 15) is 9.59 Å². The topological polar surface area (TPSA) is 73.8 Å². The molecule has 8 heteroatoms. The Morgan fingerprint density at radius 2 is 1.68 bits per heavy atom. The monoisotopic (exact) mass is 452 g/mol. The van der Waals surface area contributed by atoms with Crippen LogP contribution >= 0.6 is 23.2 Å². The second kappa shape index (κ2) is 8.79. The average Bonchev–Trinajstić information content (AvgIpc) is 2.88. The molecule has 0 radical (unpaired) electrons. The molecule has 0 bridgehead atoms. The van der Waals surface area contributed by atoms with Crippen LogP contribution in [-0.4, -0.2) is 30.9 Å². The molecule has 0 unspecified atom stereocenters. The van der Waals surface area contributed by atoms with Crippen LogP contribution in [0.15, 0.2) is 77.8 Å². The van der Waals surface area contributed by atoms with Gasteiger partial charge in [-0.05, 0) is 24.3 Å². The van der Waals surface area contributed by atoms with Gasteiger partial charge in [0.2, 0.25) is 6.17 Å². The maximum atomic E-state index is 13.1. The Bertz CT molecular complexity index is 1180. The number of hydrogen-bond donors (Lipinski definition) is 2. The average molecular weight is 453 g/mol. The number of nitrogens with zero attached hydrogens (tertiary/aromatic N) is 2. The molecule has 1 aliphatic heterocycles. The maximum absolute atomic E-state index is 13.1. The molecule has 0 aliphatic carbocycles. The van der Waals surface area contributed by atoms with E-state index in [0.29, 0.717) is 27.1 Å². The quantitative estimate of drug-likeness (QED) is 0.589. The first-order valence-electron chi connectivity index (χ1n) is 9.47. The largest absolute Gasteiger partial charge is 0.321 e. The van der Waals surface area contributed by atoms with Crippen molar-refractivity contribution in [1.82, 2.24) is 5.32 Å². The third-order valence-electron chi connectivity index (χ3n) is 4.84. The lowest BCUT2D eigenvalue weighted by molar-refractivity contribution is -0.119. The number of fused-ring (bicyclic) bond motifs is 1. The van der Waals surface area contributed by atoms with Crippen LogP contribution in [-0.2, 0) is 4.79 Å². The zero-order chi connectivity index (χ0) is 22.0. The number of carbonyl (C=O) groups is 2. The first kappa shape index (κ1) is 20.9. The fourth-order valence-electron chi connectivity index (χ4n) is 3.31. The molecular formula is C23H18Cl2N4O2. The predicted octanol–water partition coefficient (Wildman–Crippen LogP) is 4.96. The van der Waals surface area contributed by atoms with E-state index < -0.39 is 12.2 Å². The summed E-state index contributed by atoms with van der Waals surface area (Å²) in [5.41, 5.74) is 3.42. The third-order valence-corrected chi connectivity index (χ3v) is 5.57. The van der Waals surface area contributed by atoms with E-state index in [1.165, 1.54) is 11.0 Å². The number of benzodiazepines with no additional fused rings is 1. The molecule has 31 heavy (non-hydrogen) atoms. The normalized spacial score (nSPS) is 15.6. The predicted molar refractivity (Wildman–Crippen MR) is 124 cm³/mol. The Morgan fingerprint density at radius 3 is 2.42 bits per heavy atom. The minimum absolute atomic E-state index is 0.310. The molecule has 1 aliphatic rings. The summed E-state index contributed by atoms with van der Waals surface area (Å²) in [5, 5.41) is 5.99. The second-order valence-corrected chi connectivity index (χ2v) is 7.70. The van der Waals surface area contributed by atoms with E-state index in [1.54, 1.807) is 19.2 Å². The Balaban J connectivity index is 1.67. The minimum atomic E-state index is -1.12. The molecular weight excluding hydrogens is 435 g/mol. The Kier molecular flexibility index (Phi) is 5.93. The number of para-hydroxylation sites is 1. The van der Waals surface area contributed by atoms with Gasteiger partial charge in [-0.2, -0.15) is 0 Å². The molecule has 156 valence electrons. The number of anilines is 2. The first-order valence-corrected chi connectivity index (χ1v) is 10.2. The van der Waals surface area contributed by atoms with E-state index in [-0.39, 0.29) is 5.91 Å². The fourth-order valence-corrected chi connectivity index (χ4v) is 3.61. The molecule has 1 atom stereocenters. The highest BCUT2D eigenvalue weighted by atomic mass is 35.5.